The van der Waals surface area contributed by atoms with Crippen molar-refractivity contribution in [3.05, 3.63) is 87.9 Å². The fourth-order valence-corrected chi connectivity index (χ4v) is 3.14. The molecular formula is C20H18BrN3O2. The Kier molecular flexibility index (Phi) is 5.96. The number of hydrogen-bond acceptors (Lipinski definition) is 4. The topological polar surface area (TPSA) is 75.1 Å². The van der Waals surface area contributed by atoms with Crippen molar-refractivity contribution < 1.29 is 9.90 Å². The van der Waals surface area contributed by atoms with Gasteiger partial charge in [-0.25, -0.2) is 9.97 Å². The van der Waals surface area contributed by atoms with Gasteiger partial charge in [-0.2, -0.15) is 0 Å². The summed E-state index contributed by atoms with van der Waals surface area (Å²) in [7, 11) is 0. The van der Waals surface area contributed by atoms with Gasteiger partial charge in [-0.3, -0.25) is 4.79 Å². The first-order chi connectivity index (χ1) is 12.6. The van der Waals surface area contributed by atoms with Crippen molar-refractivity contribution >= 4 is 21.8 Å². The fraction of sp³-hybridized carbons (Fsp3) is 0.150. The van der Waals surface area contributed by atoms with Crippen LogP contribution in [0.2, 0.25) is 0 Å². The molecule has 0 fully saturated rings. The van der Waals surface area contributed by atoms with Crippen molar-refractivity contribution in [1.29, 1.82) is 0 Å². The smallest absolute Gasteiger partial charge is 0.289 e. The second-order valence-corrected chi connectivity index (χ2v) is 6.65. The summed E-state index contributed by atoms with van der Waals surface area (Å²) in [6.07, 6.45) is 4.65. The summed E-state index contributed by atoms with van der Waals surface area (Å²) in [4.78, 5) is 20.0. The Bertz CT molecular complexity index is 901. The third kappa shape index (κ3) is 4.67. The zero-order valence-electron chi connectivity index (χ0n) is 14.0. The lowest BCUT2D eigenvalue weighted by molar-refractivity contribution is 0.0940. The summed E-state index contributed by atoms with van der Waals surface area (Å²) >= 11 is 3.56. The molecule has 3 aromatic rings. The van der Waals surface area contributed by atoms with E-state index < -0.39 is 0 Å². The van der Waals surface area contributed by atoms with Crippen LogP contribution in [0.5, 0.6) is 5.75 Å². The number of phenolic OH excluding ortho intramolecular Hbond substituents is 1. The first-order valence-corrected chi connectivity index (χ1v) is 9.02. The van der Waals surface area contributed by atoms with E-state index in [2.05, 4.69) is 37.3 Å². The highest BCUT2D eigenvalue weighted by Crippen LogP contribution is 2.22. The second kappa shape index (κ2) is 8.58. The van der Waals surface area contributed by atoms with E-state index in [9.17, 15) is 9.90 Å². The van der Waals surface area contributed by atoms with Gasteiger partial charge >= 0.3 is 0 Å². The third-order valence-electron chi connectivity index (χ3n) is 4.02. The molecule has 0 saturated heterocycles. The van der Waals surface area contributed by atoms with Gasteiger partial charge in [0.2, 0.25) is 5.82 Å². The molecule has 0 aliphatic carbocycles. The quantitative estimate of drug-likeness (QED) is 0.648. The number of benzene rings is 2. The average Bonchev–Trinajstić information content (AvgIpc) is 2.67. The Hall–Kier alpha value is -2.73. The van der Waals surface area contributed by atoms with E-state index in [1.165, 1.54) is 18.0 Å². The summed E-state index contributed by atoms with van der Waals surface area (Å²) < 4.78 is 1.07. The summed E-state index contributed by atoms with van der Waals surface area (Å²) in [6, 6.07) is 14.9. The van der Waals surface area contributed by atoms with Crippen LogP contribution in [0, 0.1) is 0 Å². The molecule has 0 bridgehead atoms. The van der Waals surface area contributed by atoms with Gasteiger partial charge in [0.1, 0.15) is 5.75 Å². The van der Waals surface area contributed by atoms with Crippen LogP contribution in [0.1, 0.15) is 27.3 Å². The minimum atomic E-state index is -0.324. The Morgan fingerprint density at radius 1 is 0.962 bits per heavy atom. The van der Waals surface area contributed by atoms with Gasteiger partial charge in [0, 0.05) is 23.4 Å². The largest absolute Gasteiger partial charge is 0.508 e. The van der Waals surface area contributed by atoms with E-state index in [1.807, 2.05) is 24.3 Å². The number of hydrogen-bond donors (Lipinski definition) is 2. The lowest BCUT2D eigenvalue weighted by atomic mass is 9.99. The number of nitrogens with one attached hydrogen (secondary N) is 1. The number of rotatable bonds is 6. The summed E-state index contributed by atoms with van der Waals surface area (Å²) in [6.45, 7) is 0.350. The lowest BCUT2D eigenvalue weighted by Gasteiger charge is -2.12. The zero-order valence-corrected chi connectivity index (χ0v) is 15.6. The third-order valence-corrected chi connectivity index (χ3v) is 4.79. The minimum Gasteiger partial charge on any atom is -0.508 e. The van der Waals surface area contributed by atoms with Crippen LogP contribution >= 0.6 is 15.9 Å². The van der Waals surface area contributed by atoms with Crippen LogP contribution < -0.4 is 5.32 Å². The molecule has 0 radical (unpaired) electrons. The Labute approximate surface area is 160 Å². The van der Waals surface area contributed by atoms with E-state index in [-0.39, 0.29) is 17.5 Å². The van der Waals surface area contributed by atoms with Crippen molar-refractivity contribution in [2.45, 2.75) is 19.4 Å². The van der Waals surface area contributed by atoms with Crippen LogP contribution in [0.15, 0.2) is 65.4 Å². The average molecular weight is 412 g/mol. The van der Waals surface area contributed by atoms with E-state index >= 15 is 0 Å². The Morgan fingerprint density at radius 2 is 1.69 bits per heavy atom. The number of amides is 1. The highest BCUT2D eigenvalue weighted by atomic mass is 79.9. The molecule has 0 atom stereocenters. The zero-order chi connectivity index (χ0) is 18.4. The summed E-state index contributed by atoms with van der Waals surface area (Å²) in [5.41, 5.74) is 3.15. The molecule has 6 heteroatoms. The number of halogens is 1. The number of aryl methyl sites for hydroxylation is 2. The maximum Gasteiger partial charge on any atom is 0.289 e. The molecule has 1 amide bonds. The molecular weight excluding hydrogens is 394 g/mol. The molecule has 26 heavy (non-hydrogen) atoms. The first kappa shape index (κ1) is 18.1. The van der Waals surface area contributed by atoms with Crippen molar-refractivity contribution in [2.24, 2.45) is 0 Å². The highest BCUT2D eigenvalue weighted by molar-refractivity contribution is 9.10. The van der Waals surface area contributed by atoms with Gasteiger partial charge in [0.05, 0.1) is 0 Å². The van der Waals surface area contributed by atoms with Crippen molar-refractivity contribution in [2.75, 3.05) is 0 Å². The molecule has 2 N–H and O–H groups in total. The molecule has 0 aliphatic rings. The standard InChI is InChI=1S/C20H18BrN3O2/c21-18-5-2-1-4-14(18)6-7-15-12-17(25)9-8-16(15)13-24-20(26)19-22-10-3-11-23-19/h1-5,8-12,25H,6-7,13H2,(H,24,26). The predicted molar refractivity (Wildman–Crippen MR) is 103 cm³/mol. The number of phenols is 1. The predicted octanol–water partition coefficient (Wildman–Crippen LogP) is 3.66. The maximum atomic E-state index is 12.1. The molecule has 0 unspecified atom stereocenters. The molecule has 5 nitrogen and oxygen atoms in total. The van der Waals surface area contributed by atoms with Crippen LogP contribution in [-0.2, 0) is 19.4 Å². The summed E-state index contributed by atoms with van der Waals surface area (Å²) in [5.74, 6) is 0.0325. The maximum absolute atomic E-state index is 12.1. The van der Waals surface area contributed by atoms with Crippen LogP contribution in [-0.4, -0.2) is 21.0 Å². The molecule has 2 aromatic carbocycles. The Balaban J connectivity index is 1.70. The molecule has 1 heterocycles. The van der Waals surface area contributed by atoms with Gasteiger partial charge in [0.25, 0.3) is 5.91 Å². The van der Waals surface area contributed by atoms with E-state index in [0.717, 1.165) is 28.4 Å². The summed E-state index contributed by atoms with van der Waals surface area (Å²) in [5, 5.41) is 12.7. The molecule has 1 aromatic heterocycles. The Morgan fingerprint density at radius 3 is 2.46 bits per heavy atom. The van der Waals surface area contributed by atoms with Gasteiger partial charge < -0.3 is 10.4 Å². The monoisotopic (exact) mass is 411 g/mol. The normalized spacial score (nSPS) is 10.5. The second-order valence-electron chi connectivity index (χ2n) is 5.80. The molecule has 0 saturated carbocycles. The van der Waals surface area contributed by atoms with Gasteiger partial charge in [-0.15, -0.1) is 0 Å². The van der Waals surface area contributed by atoms with Crippen LogP contribution in [0.25, 0.3) is 0 Å². The minimum absolute atomic E-state index is 0.140. The molecule has 132 valence electrons. The number of aromatic hydroxyl groups is 1. The van der Waals surface area contributed by atoms with Crippen LogP contribution in [0.3, 0.4) is 0 Å². The van der Waals surface area contributed by atoms with Crippen molar-refractivity contribution in [3.63, 3.8) is 0 Å². The van der Waals surface area contributed by atoms with Crippen molar-refractivity contribution in [1.82, 2.24) is 15.3 Å². The highest BCUT2D eigenvalue weighted by Gasteiger charge is 2.10. The molecule has 3 rings (SSSR count). The van der Waals surface area contributed by atoms with Crippen molar-refractivity contribution in [3.8, 4) is 5.75 Å². The van der Waals surface area contributed by atoms with Gasteiger partial charge in [-0.05, 0) is 53.8 Å². The molecule has 0 aliphatic heterocycles. The number of aromatic nitrogens is 2. The SMILES string of the molecule is O=C(NCc1ccc(O)cc1CCc1ccccc1Br)c1ncccn1. The van der Waals surface area contributed by atoms with E-state index in [1.54, 1.807) is 18.2 Å². The number of nitrogens with zero attached hydrogens (tertiary/aromatic N) is 2. The number of carbonyl (C=O) groups excluding carboxylic acids is 1. The van der Waals surface area contributed by atoms with E-state index in [4.69, 9.17) is 0 Å². The molecule has 0 spiro atoms. The first-order valence-electron chi connectivity index (χ1n) is 8.23. The van der Waals surface area contributed by atoms with Crippen LogP contribution in [0.4, 0.5) is 0 Å². The number of carbonyl (C=O) groups is 1. The fourth-order valence-electron chi connectivity index (χ4n) is 2.66. The van der Waals surface area contributed by atoms with Gasteiger partial charge in [0.15, 0.2) is 0 Å². The van der Waals surface area contributed by atoms with E-state index in [0.29, 0.717) is 6.54 Å². The van der Waals surface area contributed by atoms with Gasteiger partial charge in [-0.1, -0.05) is 40.2 Å². The lowest BCUT2D eigenvalue weighted by Crippen LogP contribution is -2.25.